The first-order chi connectivity index (χ1) is 23.5. The Morgan fingerprint density at radius 1 is 0.960 bits per heavy atom. The lowest BCUT2D eigenvalue weighted by Gasteiger charge is -2.50. The third-order valence-electron chi connectivity index (χ3n) is 9.68. The molecule has 0 radical (unpaired) electrons. The first-order valence-electron chi connectivity index (χ1n) is 17.5. The number of aliphatic hydroxyl groups is 2. The number of likely N-dealkylation sites (tertiary alicyclic amines) is 1. The Bertz CT molecular complexity index is 1580. The molecule has 1 saturated heterocycles. The molecule has 0 aliphatic carbocycles. The minimum absolute atomic E-state index is 0.0383. The molecule has 2 amide bonds. The largest absolute Gasteiger partial charge is 0.508 e. The average molecular weight is 690 g/mol. The fourth-order valence-electron chi connectivity index (χ4n) is 6.84. The van der Waals surface area contributed by atoms with Crippen LogP contribution >= 0.6 is 0 Å². The Hall–Kier alpha value is -4.12. The van der Waals surface area contributed by atoms with Gasteiger partial charge < -0.3 is 24.8 Å². The van der Waals surface area contributed by atoms with Gasteiger partial charge in [0.1, 0.15) is 17.5 Å². The van der Waals surface area contributed by atoms with Gasteiger partial charge >= 0.3 is 12.2 Å². The molecule has 0 aromatic heterocycles. The Kier molecular flexibility index (Phi) is 12.6. The van der Waals surface area contributed by atoms with E-state index in [1.54, 1.807) is 17.0 Å². The Labute approximate surface area is 297 Å². The number of amides is 2. The first-order valence-corrected chi connectivity index (χ1v) is 17.5. The van der Waals surface area contributed by atoms with Crippen molar-refractivity contribution >= 4 is 17.9 Å². The van der Waals surface area contributed by atoms with Crippen molar-refractivity contribution in [1.82, 2.24) is 9.80 Å². The Balaban J connectivity index is 1.43. The number of aromatic hydroxyl groups is 1. The summed E-state index contributed by atoms with van der Waals surface area (Å²) in [5, 5.41) is 34.0. The molecular weight excluding hydrogens is 634 g/mol. The third kappa shape index (κ3) is 9.99. The molecule has 1 aliphatic heterocycles. The van der Waals surface area contributed by atoms with Gasteiger partial charge in [-0.2, -0.15) is 0 Å². The van der Waals surface area contributed by atoms with Crippen LogP contribution in [0.15, 0.2) is 72.8 Å². The van der Waals surface area contributed by atoms with E-state index in [1.165, 1.54) is 6.07 Å². The predicted octanol–water partition coefficient (Wildman–Crippen LogP) is 7.87. The molecule has 10 nitrogen and oxygen atoms in total. The quantitative estimate of drug-likeness (QED) is 0.151. The minimum Gasteiger partial charge on any atom is -0.508 e. The number of nitrogens with zero attached hydrogens (tertiary/aromatic N) is 2. The maximum Gasteiger partial charge on any atom is 0.411 e. The molecule has 2 atom stereocenters. The van der Waals surface area contributed by atoms with Crippen molar-refractivity contribution in [2.24, 2.45) is 0 Å². The zero-order valence-corrected chi connectivity index (χ0v) is 30.6. The standard InChI is InChI=1S/C40H55N3O7/c1-8-40(7,43(37(48)50-38(2,3)4)25-35(46)29-18-19-34(45)30(24-29)26-44)27-39(5,6)42-22-20-31(21-23-42)49-36(47)41-33-17-13-12-16-32(33)28-14-10-9-11-15-28/h9-19,24,31,35,44-46H,8,20-23,25-27H2,1-7H3,(H,41,47). The van der Waals surface area contributed by atoms with Crippen LogP contribution in [-0.4, -0.2) is 79.7 Å². The number of hydrogen-bond acceptors (Lipinski definition) is 8. The number of carbonyl (C=O) groups is 2. The highest BCUT2D eigenvalue weighted by Gasteiger charge is 2.44. The Morgan fingerprint density at radius 2 is 1.60 bits per heavy atom. The predicted molar refractivity (Wildman–Crippen MR) is 196 cm³/mol. The summed E-state index contributed by atoms with van der Waals surface area (Å²) in [6.07, 6.45) is 0.213. The molecule has 1 heterocycles. The minimum atomic E-state index is -1.08. The Morgan fingerprint density at radius 3 is 2.22 bits per heavy atom. The van der Waals surface area contributed by atoms with Gasteiger partial charge in [0.15, 0.2) is 0 Å². The molecule has 50 heavy (non-hydrogen) atoms. The van der Waals surface area contributed by atoms with Crippen LogP contribution in [0.25, 0.3) is 11.1 Å². The van der Waals surface area contributed by atoms with E-state index < -0.39 is 29.4 Å². The molecule has 3 aromatic rings. The number of nitrogens with one attached hydrogen (secondary N) is 1. The van der Waals surface area contributed by atoms with Gasteiger partial charge in [0, 0.05) is 35.3 Å². The fraction of sp³-hybridized carbons (Fsp3) is 0.500. The van der Waals surface area contributed by atoms with Crippen molar-refractivity contribution in [3.8, 4) is 16.9 Å². The molecule has 1 fully saturated rings. The molecule has 0 spiro atoms. The van der Waals surface area contributed by atoms with E-state index in [1.807, 2.05) is 89.2 Å². The molecule has 2 unspecified atom stereocenters. The van der Waals surface area contributed by atoms with Crippen molar-refractivity contribution in [1.29, 1.82) is 0 Å². The summed E-state index contributed by atoms with van der Waals surface area (Å²) < 4.78 is 11.8. The maximum atomic E-state index is 13.8. The normalized spacial score (nSPS) is 16.3. The van der Waals surface area contributed by atoms with E-state index in [4.69, 9.17) is 9.47 Å². The van der Waals surface area contributed by atoms with E-state index in [-0.39, 0.29) is 30.5 Å². The molecule has 3 aromatic carbocycles. The lowest BCUT2D eigenvalue weighted by Crippen LogP contribution is -2.59. The zero-order valence-electron chi connectivity index (χ0n) is 30.6. The van der Waals surface area contributed by atoms with Gasteiger partial charge in [-0.3, -0.25) is 15.1 Å². The van der Waals surface area contributed by atoms with Crippen LogP contribution in [0.3, 0.4) is 0 Å². The van der Waals surface area contributed by atoms with Crippen LogP contribution in [0.1, 0.15) is 91.4 Å². The van der Waals surface area contributed by atoms with Crippen molar-refractivity contribution in [2.75, 3.05) is 25.0 Å². The van der Waals surface area contributed by atoms with Crippen LogP contribution in [0.4, 0.5) is 15.3 Å². The molecule has 0 bridgehead atoms. The summed E-state index contributed by atoms with van der Waals surface area (Å²) in [5.74, 6) is -0.0595. The second-order valence-electron chi connectivity index (χ2n) is 15.1. The van der Waals surface area contributed by atoms with Crippen molar-refractivity contribution < 1.29 is 34.4 Å². The SMILES string of the molecule is CCC(C)(CC(C)(C)N1CCC(OC(=O)Nc2ccccc2-c2ccccc2)CC1)N(CC(O)c1ccc(O)c(CO)c1)C(=O)OC(C)(C)C. The van der Waals surface area contributed by atoms with Gasteiger partial charge in [-0.15, -0.1) is 0 Å². The van der Waals surface area contributed by atoms with Crippen LogP contribution in [0.2, 0.25) is 0 Å². The smallest absolute Gasteiger partial charge is 0.411 e. The van der Waals surface area contributed by atoms with Gasteiger partial charge in [-0.1, -0.05) is 61.5 Å². The van der Waals surface area contributed by atoms with Gasteiger partial charge in [0.2, 0.25) is 0 Å². The molecule has 10 heteroatoms. The molecule has 272 valence electrons. The summed E-state index contributed by atoms with van der Waals surface area (Å²) in [6, 6.07) is 22.1. The number of anilines is 1. The lowest BCUT2D eigenvalue weighted by molar-refractivity contribution is -0.0407. The topological polar surface area (TPSA) is 132 Å². The van der Waals surface area contributed by atoms with Gasteiger partial charge in [-0.25, -0.2) is 9.59 Å². The highest BCUT2D eigenvalue weighted by molar-refractivity contribution is 5.91. The lowest BCUT2D eigenvalue weighted by atomic mass is 9.80. The summed E-state index contributed by atoms with van der Waals surface area (Å²) in [4.78, 5) is 30.8. The number of hydrogen-bond donors (Lipinski definition) is 4. The van der Waals surface area contributed by atoms with Gasteiger partial charge in [0.05, 0.1) is 24.9 Å². The average Bonchev–Trinajstić information content (AvgIpc) is 3.07. The van der Waals surface area contributed by atoms with Crippen molar-refractivity contribution in [2.45, 2.75) is 110 Å². The number of aliphatic hydroxyl groups excluding tert-OH is 2. The number of ether oxygens (including phenoxy) is 2. The van der Waals surface area contributed by atoms with E-state index in [0.717, 1.165) is 11.1 Å². The van der Waals surface area contributed by atoms with Crippen LogP contribution in [0.5, 0.6) is 5.75 Å². The number of piperidine rings is 1. The first kappa shape index (κ1) is 38.7. The summed E-state index contributed by atoms with van der Waals surface area (Å²) in [5.41, 5.74) is 1.59. The van der Waals surface area contributed by atoms with Crippen molar-refractivity contribution in [3.05, 3.63) is 83.9 Å². The molecule has 4 rings (SSSR count). The molecule has 4 N–H and O–H groups in total. The van der Waals surface area contributed by atoms with Crippen LogP contribution < -0.4 is 5.32 Å². The number of carbonyl (C=O) groups excluding carboxylic acids is 2. The molecule has 0 saturated carbocycles. The van der Waals surface area contributed by atoms with Gasteiger partial charge in [0.25, 0.3) is 0 Å². The van der Waals surface area contributed by atoms with Crippen LogP contribution in [-0.2, 0) is 16.1 Å². The summed E-state index contributed by atoms with van der Waals surface area (Å²) in [7, 11) is 0. The monoisotopic (exact) mass is 689 g/mol. The van der Waals surface area contributed by atoms with E-state index in [0.29, 0.717) is 55.6 Å². The fourth-order valence-corrected chi connectivity index (χ4v) is 6.84. The molecule has 1 aliphatic rings. The number of phenols is 1. The summed E-state index contributed by atoms with van der Waals surface area (Å²) >= 11 is 0. The van der Waals surface area contributed by atoms with Crippen LogP contribution in [0, 0.1) is 0 Å². The second kappa shape index (κ2) is 16.3. The maximum absolute atomic E-state index is 13.8. The number of benzene rings is 3. The van der Waals surface area contributed by atoms with E-state index in [9.17, 15) is 24.9 Å². The van der Waals surface area contributed by atoms with E-state index in [2.05, 4.69) is 24.1 Å². The number of rotatable bonds is 12. The highest BCUT2D eigenvalue weighted by atomic mass is 16.6. The van der Waals surface area contributed by atoms with Crippen molar-refractivity contribution in [3.63, 3.8) is 0 Å². The van der Waals surface area contributed by atoms with Gasteiger partial charge in [-0.05, 0) is 96.6 Å². The number of β-amino-alcohol motifs (C(OH)–C–C–N with tert-alkyl or cyclic N) is 1. The second-order valence-corrected chi connectivity index (χ2v) is 15.1. The highest BCUT2D eigenvalue weighted by Crippen LogP contribution is 2.37. The third-order valence-corrected chi connectivity index (χ3v) is 9.68. The molecular formula is C40H55N3O7. The van der Waals surface area contributed by atoms with E-state index >= 15 is 0 Å². The zero-order chi connectivity index (χ0) is 36.7. The number of para-hydroxylation sites is 1. The summed E-state index contributed by atoms with van der Waals surface area (Å²) in [6.45, 7) is 14.8.